The van der Waals surface area contributed by atoms with Crippen LogP contribution in [0.1, 0.15) is 54.2 Å². The Morgan fingerprint density at radius 3 is 2.76 bits per heavy atom. The Balaban J connectivity index is 1.93. The second kappa shape index (κ2) is 5.98. The molecule has 7 nitrogen and oxygen atoms in total. The Hall–Kier alpha value is -2.70. The van der Waals surface area contributed by atoms with Gasteiger partial charge in [0.25, 0.3) is 5.56 Å². The summed E-state index contributed by atoms with van der Waals surface area (Å²) in [6, 6.07) is 2.14. The summed E-state index contributed by atoms with van der Waals surface area (Å²) < 4.78 is 8.20. The predicted molar refractivity (Wildman–Crippen MR) is 93.0 cm³/mol. The van der Waals surface area contributed by atoms with Crippen molar-refractivity contribution in [2.45, 2.75) is 45.1 Å². The molecule has 0 radical (unpaired) electrons. The standard InChI is InChI=1S/C18H20N4O3/c1-11-15(18(24)25-2)16-19-10-13-14(22(16)20-11)8-9-21(17(13)23)12-6-4-3-5-7-12/h8-10,12H,3-7H2,1-2H3. The summed E-state index contributed by atoms with van der Waals surface area (Å²) >= 11 is 0. The molecule has 0 aromatic carbocycles. The van der Waals surface area contributed by atoms with Crippen molar-refractivity contribution in [3.8, 4) is 0 Å². The molecule has 4 rings (SSSR count). The van der Waals surface area contributed by atoms with E-state index >= 15 is 0 Å². The van der Waals surface area contributed by atoms with Gasteiger partial charge in [-0.3, -0.25) is 4.79 Å². The maximum atomic E-state index is 12.9. The predicted octanol–water partition coefficient (Wildman–Crippen LogP) is 2.64. The van der Waals surface area contributed by atoms with Crippen molar-refractivity contribution in [1.29, 1.82) is 0 Å². The highest BCUT2D eigenvalue weighted by atomic mass is 16.5. The van der Waals surface area contributed by atoms with Crippen LogP contribution in [0.5, 0.6) is 0 Å². The lowest BCUT2D eigenvalue weighted by atomic mass is 9.95. The molecule has 3 aromatic heterocycles. The Labute approximate surface area is 144 Å². The van der Waals surface area contributed by atoms with Crippen LogP contribution in [-0.4, -0.2) is 32.2 Å². The third-order valence-electron chi connectivity index (χ3n) is 5.07. The normalized spacial score (nSPS) is 15.8. The number of carbonyl (C=O) groups is 1. The van der Waals surface area contributed by atoms with E-state index in [1.165, 1.54) is 13.5 Å². The molecule has 1 aliphatic carbocycles. The molecular weight excluding hydrogens is 320 g/mol. The smallest absolute Gasteiger partial charge is 0.343 e. The van der Waals surface area contributed by atoms with Gasteiger partial charge in [0.05, 0.1) is 23.7 Å². The van der Waals surface area contributed by atoms with Crippen LogP contribution in [-0.2, 0) is 4.74 Å². The number of methoxy groups -OCH3 is 1. The van der Waals surface area contributed by atoms with Crippen molar-refractivity contribution in [2.24, 2.45) is 0 Å². The van der Waals surface area contributed by atoms with Crippen LogP contribution in [0.15, 0.2) is 23.3 Å². The fourth-order valence-electron chi connectivity index (χ4n) is 3.78. The number of carbonyl (C=O) groups excluding carboxylic acids is 1. The minimum Gasteiger partial charge on any atom is -0.465 e. The lowest BCUT2D eigenvalue weighted by Crippen LogP contribution is -2.26. The molecule has 0 unspecified atom stereocenters. The number of aryl methyl sites for hydroxylation is 1. The Kier molecular flexibility index (Phi) is 3.78. The van der Waals surface area contributed by atoms with Gasteiger partial charge in [0.2, 0.25) is 0 Å². The first-order valence-electron chi connectivity index (χ1n) is 8.59. The van der Waals surface area contributed by atoms with Gasteiger partial charge in [-0.25, -0.2) is 14.3 Å². The summed E-state index contributed by atoms with van der Waals surface area (Å²) in [5.41, 5.74) is 1.88. The number of rotatable bonds is 2. The van der Waals surface area contributed by atoms with Crippen molar-refractivity contribution >= 4 is 22.5 Å². The number of esters is 1. The molecular formula is C18H20N4O3. The van der Waals surface area contributed by atoms with Gasteiger partial charge in [0.15, 0.2) is 5.65 Å². The SMILES string of the molecule is COC(=O)c1c(C)nn2c1ncc1c(=O)n(C3CCCCC3)ccc12. The first-order valence-corrected chi connectivity index (χ1v) is 8.59. The van der Waals surface area contributed by atoms with Crippen molar-refractivity contribution in [3.05, 3.63) is 40.1 Å². The molecule has 7 heteroatoms. The van der Waals surface area contributed by atoms with Crippen molar-refractivity contribution < 1.29 is 9.53 Å². The molecule has 130 valence electrons. The monoisotopic (exact) mass is 340 g/mol. The Bertz CT molecular complexity index is 1030. The van der Waals surface area contributed by atoms with E-state index in [0.717, 1.165) is 25.7 Å². The summed E-state index contributed by atoms with van der Waals surface area (Å²) in [6.45, 7) is 1.73. The first kappa shape index (κ1) is 15.8. The van der Waals surface area contributed by atoms with E-state index in [0.29, 0.717) is 27.8 Å². The summed E-state index contributed by atoms with van der Waals surface area (Å²) in [6.07, 6.45) is 9.02. The fourth-order valence-corrected chi connectivity index (χ4v) is 3.78. The molecule has 1 saturated carbocycles. The van der Waals surface area contributed by atoms with Crippen LogP contribution >= 0.6 is 0 Å². The van der Waals surface area contributed by atoms with Gasteiger partial charge >= 0.3 is 5.97 Å². The Morgan fingerprint density at radius 1 is 1.28 bits per heavy atom. The second-order valence-electron chi connectivity index (χ2n) is 6.56. The number of nitrogens with zero attached hydrogens (tertiary/aromatic N) is 4. The number of aromatic nitrogens is 4. The quantitative estimate of drug-likeness (QED) is 0.670. The average molecular weight is 340 g/mol. The number of pyridine rings is 1. The first-order chi connectivity index (χ1) is 12.1. The largest absolute Gasteiger partial charge is 0.465 e. The van der Waals surface area contributed by atoms with Crippen LogP contribution in [0.3, 0.4) is 0 Å². The molecule has 0 aliphatic heterocycles. The van der Waals surface area contributed by atoms with Crippen LogP contribution in [0.4, 0.5) is 0 Å². The summed E-state index contributed by atoms with van der Waals surface area (Å²) in [5, 5.41) is 4.91. The number of ether oxygens (including phenoxy) is 1. The topological polar surface area (TPSA) is 78.5 Å². The highest BCUT2D eigenvalue weighted by Gasteiger charge is 2.22. The van der Waals surface area contributed by atoms with Gasteiger partial charge in [0.1, 0.15) is 5.56 Å². The van der Waals surface area contributed by atoms with Gasteiger partial charge in [-0.15, -0.1) is 0 Å². The van der Waals surface area contributed by atoms with Crippen LogP contribution < -0.4 is 5.56 Å². The average Bonchev–Trinajstić information content (AvgIpc) is 2.98. The maximum absolute atomic E-state index is 12.9. The molecule has 25 heavy (non-hydrogen) atoms. The molecule has 0 spiro atoms. The lowest BCUT2D eigenvalue weighted by molar-refractivity contribution is 0.0602. The van der Waals surface area contributed by atoms with Gasteiger partial charge in [0, 0.05) is 18.4 Å². The molecule has 1 fully saturated rings. The molecule has 0 bridgehead atoms. The van der Waals surface area contributed by atoms with E-state index in [1.807, 2.05) is 16.8 Å². The van der Waals surface area contributed by atoms with Crippen molar-refractivity contribution in [1.82, 2.24) is 19.2 Å². The zero-order valence-corrected chi connectivity index (χ0v) is 14.4. The fraction of sp³-hybridized carbons (Fsp3) is 0.444. The molecule has 0 atom stereocenters. The van der Waals surface area contributed by atoms with E-state index in [9.17, 15) is 9.59 Å². The molecule has 0 amide bonds. The lowest BCUT2D eigenvalue weighted by Gasteiger charge is -2.24. The summed E-state index contributed by atoms with van der Waals surface area (Å²) in [5.74, 6) is -0.477. The van der Waals surface area contributed by atoms with Gasteiger partial charge in [-0.05, 0) is 25.8 Å². The van der Waals surface area contributed by atoms with E-state index in [2.05, 4.69) is 10.1 Å². The maximum Gasteiger partial charge on any atom is 0.343 e. The number of fused-ring (bicyclic) bond motifs is 3. The van der Waals surface area contributed by atoms with E-state index in [1.54, 1.807) is 17.6 Å². The van der Waals surface area contributed by atoms with Crippen molar-refractivity contribution in [3.63, 3.8) is 0 Å². The molecule has 0 saturated heterocycles. The van der Waals surface area contributed by atoms with Gasteiger partial charge in [-0.1, -0.05) is 19.3 Å². The van der Waals surface area contributed by atoms with Gasteiger partial charge in [-0.2, -0.15) is 5.10 Å². The highest BCUT2D eigenvalue weighted by Crippen LogP contribution is 2.27. The van der Waals surface area contributed by atoms with Crippen LogP contribution in [0, 0.1) is 6.92 Å². The minimum absolute atomic E-state index is 0.0495. The van der Waals surface area contributed by atoms with E-state index < -0.39 is 5.97 Å². The molecule has 1 aliphatic rings. The number of hydrogen-bond donors (Lipinski definition) is 0. The van der Waals surface area contributed by atoms with Crippen LogP contribution in [0.2, 0.25) is 0 Å². The Morgan fingerprint density at radius 2 is 2.04 bits per heavy atom. The zero-order valence-electron chi connectivity index (χ0n) is 14.4. The minimum atomic E-state index is -0.477. The van der Waals surface area contributed by atoms with E-state index in [4.69, 9.17) is 4.74 Å². The summed E-state index contributed by atoms with van der Waals surface area (Å²) in [7, 11) is 1.33. The third-order valence-corrected chi connectivity index (χ3v) is 5.07. The van der Waals surface area contributed by atoms with Crippen molar-refractivity contribution in [2.75, 3.05) is 7.11 Å². The third kappa shape index (κ3) is 2.42. The van der Waals surface area contributed by atoms with E-state index in [-0.39, 0.29) is 11.6 Å². The summed E-state index contributed by atoms with van der Waals surface area (Å²) in [4.78, 5) is 29.3. The molecule has 3 aromatic rings. The van der Waals surface area contributed by atoms with Gasteiger partial charge < -0.3 is 9.30 Å². The van der Waals surface area contributed by atoms with Crippen LogP contribution in [0.25, 0.3) is 16.6 Å². The molecule has 3 heterocycles. The second-order valence-corrected chi connectivity index (χ2v) is 6.56. The number of hydrogen-bond acceptors (Lipinski definition) is 5. The zero-order chi connectivity index (χ0) is 17.6. The highest BCUT2D eigenvalue weighted by molar-refractivity contribution is 5.98. The molecule has 0 N–H and O–H groups in total.